The van der Waals surface area contributed by atoms with Gasteiger partial charge in [-0.05, 0) is 49.3 Å². The highest BCUT2D eigenvalue weighted by atomic mass is 35.5. The van der Waals surface area contributed by atoms with Crippen LogP contribution in [-0.4, -0.2) is 29.4 Å². The molecule has 1 aromatic heterocycles. The maximum absolute atomic E-state index is 13.3. The first-order chi connectivity index (χ1) is 14.2. The first-order valence-electron chi connectivity index (χ1n) is 9.76. The van der Waals surface area contributed by atoms with Crippen LogP contribution >= 0.6 is 34.8 Å². The zero-order valence-electron chi connectivity index (χ0n) is 18.5. The zero-order valence-corrected chi connectivity index (χ0v) is 20.8. The van der Waals surface area contributed by atoms with Crippen LogP contribution in [0.5, 0.6) is 5.88 Å². The molecular weight excluding hydrogens is 452 g/mol. The fraction of sp³-hybridized carbons (Fsp3) is 0.571. The van der Waals surface area contributed by atoms with Crippen LogP contribution in [0.25, 0.3) is 0 Å². The molecule has 0 aliphatic heterocycles. The molecule has 0 saturated heterocycles. The molecule has 0 aromatic carbocycles. The summed E-state index contributed by atoms with van der Waals surface area (Å²) < 4.78 is 23.1. The van der Waals surface area contributed by atoms with Crippen molar-refractivity contribution in [3.8, 4) is 5.88 Å². The molecule has 0 bridgehead atoms. The summed E-state index contributed by atoms with van der Waals surface area (Å²) in [5.41, 5.74) is 1.20. The van der Waals surface area contributed by atoms with E-state index in [4.69, 9.17) is 44.3 Å². The van der Waals surface area contributed by atoms with E-state index in [-0.39, 0.29) is 11.2 Å². The van der Waals surface area contributed by atoms with Gasteiger partial charge in [0.25, 0.3) is 5.88 Å². The van der Waals surface area contributed by atoms with E-state index in [2.05, 4.69) is 35.4 Å². The lowest BCUT2D eigenvalue weighted by Crippen LogP contribution is -2.01. The molecule has 0 radical (unpaired) electrons. The Bertz CT molecular complexity index is 747. The van der Waals surface area contributed by atoms with Crippen molar-refractivity contribution in [2.75, 3.05) is 14.2 Å². The highest BCUT2D eigenvalue weighted by molar-refractivity contribution is 6.64. The number of rotatable bonds is 7. The third-order valence-corrected chi connectivity index (χ3v) is 4.19. The molecule has 1 aromatic rings. The number of hydrogen-bond donors (Lipinski definition) is 0. The van der Waals surface area contributed by atoms with E-state index >= 15 is 0 Å². The second kappa shape index (κ2) is 15.4. The summed E-state index contributed by atoms with van der Waals surface area (Å²) in [6.45, 7) is 11.8. The van der Waals surface area contributed by atoms with Gasteiger partial charge in [0, 0.05) is 0 Å². The lowest BCUT2D eigenvalue weighted by atomic mass is 10.2. The average molecular weight is 483 g/mol. The van der Waals surface area contributed by atoms with Crippen LogP contribution in [0.15, 0.2) is 28.1 Å². The predicted molar refractivity (Wildman–Crippen MR) is 124 cm³/mol. The normalized spacial score (nSPS) is 13.9. The van der Waals surface area contributed by atoms with Crippen molar-refractivity contribution < 1.29 is 13.9 Å². The average Bonchev–Trinajstić information content (AvgIpc) is 3.54. The monoisotopic (exact) mass is 481 g/mol. The highest BCUT2D eigenvalue weighted by Crippen LogP contribution is 2.41. The van der Waals surface area contributed by atoms with E-state index in [9.17, 15) is 4.39 Å². The van der Waals surface area contributed by atoms with Crippen LogP contribution in [0.2, 0.25) is 5.28 Å². The smallest absolute Gasteiger partial charge is 0.254 e. The van der Waals surface area contributed by atoms with Crippen LogP contribution in [0.1, 0.15) is 59.1 Å². The Morgan fingerprint density at radius 3 is 2.17 bits per heavy atom. The minimum Gasteiger partial charge on any atom is -0.480 e. The van der Waals surface area contributed by atoms with Crippen LogP contribution < -0.4 is 4.74 Å². The SMILES string of the molecule is C=C(/C(Cl)=C(\N=C(/C)Cl)OC)C1CC1.CCC.CCCc1nc(Cl)nc(OC)c1F. The Morgan fingerprint density at radius 1 is 1.20 bits per heavy atom. The van der Waals surface area contributed by atoms with E-state index < -0.39 is 5.82 Å². The summed E-state index contributed by atoms with van der Waals surface area (Å²) in [7, 11) is 2.86. The van der Waals surface area contributed by atoms with Crippen LogP contribution in [0, 0.1) is 11.7 Å². The predicted octanol–water partition coefficient (Wildman–Crippen LogP) is 7.31. The lowest BCUT2D eigenvalue weighted by molar-refractivity contribution is 0.287. The number of aromatic nitrogens is 2. The fourth-order valence-corrected chi connectivity index (χ4v) is 2.58. The molecule has 1 fully saturated rings. The van der Waals surface area contributed by atoms with Gasteiger partial charge in [-0.3, -0.25) is 0 Å². The van der Waals surface area contributed by atoms with Gasteiger partial charge in [0.05, 0.1) is 19.9 Å². The highest BCUT2D eigenvalue weighted by Gasteiger charge is 2.27. The maximum Gasteiger partial charge on any atom is 0.254 e. The minimum absolute atomic E-state index is 0.0155. The molecule has 0 atom stereocenters. The quantitative estimate of drug-likeness (QED) is 0.177. The number of hydrogen-bond acceptors (Lipinski definition) is 5. The van der Waals surface area contributed by atoms with E-state index in [0.717, 1.165) is 24.8 Å². The van der Waals surface area contributed by atoms with Gasteiger partial charge in [0.2, 0.25) is 17.0 Å². The number of allylic oxidation sites excluding steroid dienone is 2. The maximum atomic E-state index is 13.3. The molecule has 5 nitrogen and oxygen atoms in total. The summed E-state index contributed by atoms with van der Waals surface area (Å²) >= 11 is 17.3. The van der Waals surface area contributed by atoms with Gasteiger partial charge in [-0.15, -0.1) is 0 Å². The molecular formula is C21H31Cl3FN3O2. The lowest BCUT2D eigenvalue weighted by Gasteiger charge is -2.06. The van der Waals surface area contributed by atoms with E-state index in [1.807, 2.05) is 6.92 Å². The molecule has 1 heterocycles. The Labute approximate surface area is 194 Å². The molecule has 30 heavy (non-hydrogen) atoms. The molecule has 1 aliphatic carbocycles. The summed E-state index contributed by atoms with van der Waals surface area (Å²) in [6.07, 6.45) is 4.88. The summed E-state index contributed by atoms with van der Waals surface area (Å²) in [6, 6.07) is 0. The Balaban J connectivity index is 0.000000497. The first kappa shape index (κ1) is 28.6. The summed E-state index contributed by atoms with van der Waals surface area (Å²) in [5.74, 6) is 0.228. The molecule has 170 valence electrons. The topological polar surface area (TPSA) is 56.6 Å². The standard InChI is InChI=1S/C10H13Cl2NO.C8H10ClFN2O.C3H8/c1-6(8-4-5-8)9(12)10(14-3)13-7(2)11;1-3-4-5-6(10)7(13-2)12-8(9)11-5;1-3-2/h8H,1,4-5H2,2-3H3;3-4H2,1-2H3;3H2,1-2H3/b10-9-,13-7+;;. The largest absolute Gasteiger partial charge is 0.480 e. The molecule has 1 aliphatic rings. The van der Waals surface area contributed by atoms with Crippen molar-refractivity contribution in [3.63, 3.8) is 0 Å². The van der Waals surface area contributed by atoms with E-state index in [0.29, 0.717) is 34.1 Å². The van der Waals surface area contributed by atoms with Gasteiger partial charge in [0.15, 0.2) is 0 Å². The van der Waals surface area contributed by atoms with E-state index in [1.54, 1.807) is 6.92 Å². The van der Waals surface area contributed by atoms with Crippen molar-refractivity contribution in [1.29, 1.82) is 0 Å². The Hall–Kier alpha value is -1.37. The van der Waals surface area contributed by atoms with Gasteiger partial charge in [-0.1, -0.05) is 63.4 Å². The van der Waals surface area contributed by atoms with Gasteiger partial charge in [0.1, 0.15) is 10.2 Å². The van der Waals surface area contributed by atoms with Crippen molar-refractivity contribution in [2.24, 2.45) is 10.9 Å². The first-order valence-corrected chi connectivity index (χ1v) is 10.9. The van der Waals surface area contributed by atoms with Gasteiger partial charge in [-0.25, -0.2) is 9.98 Å². The Kier molecular flexibility index (Phi) is 14.7. The number of nitrogens with zero attached hydrogens (tertiary/aromatic N) is 3. The molecule has 0 spiro atoms. The van der Waals surface area contributed by atoms with Crippen LogP contribution in [0.3, 0.4) is 0 Å². The van der Waals surface area contributed by atoms with Gasteiger partial charge in [-0.2, -0.15) is 9.37 Å². The third kappa shape index (κ3) is 10.6. The number of methoxy groups -OCH3 is 2. The van der Waals surface area contributed by atoms with Gasteiger partial charge < -0.3 is 9.47 Å². The van der Waals surface area contributed by atoms with Crippen LogP contribution in [0.4, 0.5) is 4.39 Å². The van der Waals surface area contributed by atoms with Gasteiger partial charge >= 0.3 is 0 Å². The van der Waals surface area contributed by atoms with E-state index in [1.165, 1.54) is 20.6 Å². The van der Waals surface area contributed by atoms with Crippen molar-refractivity contribution in [2.45, 2.75) is 59.8 Å². The second-order valence-corrected chi connectivity index (χ2v) is 7.71. The molecule has 0 N–H and O–H groups in total. The second-order valence-electron chi connectivity index (χ2n) is 6.45. The molecule has 1 saturated carbocycles. The zero-order chi connectivity index (χ0) is 23.3. The Morgan fingerprint density at radius 2 is 1.77 bits per heavy atom. The van der Waals surface area contributed by atoms with Crippen molar-refractivity contribution in [3.05, 3.63) is 39.9 Å². The van der Waals surface area contributed by atoms with Crippen LogP contribution in [-0.2, 0) is 11.2 Å². The number of halogens is 4. The molecule has 0 unspecified atom stereocenters. The summed E-state index contributed by atoms with van der Waals surface area (Å²) in [4.78, 5) is 11.3. The van der Waals surface area contributed by atoms with Crippen molar-refractivity contribution in [1.82, 2.24) is 9.97 Å². The number of aryl methyl sites for hydroxylation is 1. The summed E-state index contributed by atoms with van der Waals surface area (Å²) in [5, 5.41) is 0.889. The van der Waals surface area contributed by atoms with Crippen molar-refractivity contribution >= 4 is 40.0 Å². The fourth-order valence-electron chi connectivity index (χ4n) is 2.05. The number of ether oxygens (including phenoxy) is 2. The molecule has 0 amide bonds. The molecule has 2 rings (SSSR count). The minimum atomic E-state index is -0.520. The molecule has 9 heteroatoms. The third-order valence-electron chi connectivity index (χ3n) is 3.53. The number of aliphatic imine (C=N–C) groups is 1.